The van der Waals surface area contributed by atoms with Gasteiger partial charge in [0.15, 0.2) is 6.61 Å². The van der Waals surface area contributed by atoms with Gasteiger partial charge < -0.3 is 14.5 Å². The first-order valence-corrected chi connectivity index (χ1v) is 8.65. The molecule has 0 radical (unpaired) electrons. The maximum atomic E-state index is 12.9. The number of nitrogens with one attached hydrogen (secondary N) is 1. The third kappa shape index (κ3) is 5.06. The van der Waals surface area contributed by atoms with Crippen molar-refractivity contribution >= 4 is 5.91 Å². The number of benzene rings is 1. The predicted octanol–water partition coefficient (Wildman–Crippen LogP) is 3.14. The number of carbonyl (C=O) groups is 1. The quantitative estimate of drug-likeness (QED) is 0.837. The Morgan fingerprint density at radius 2 is 1.96 bits per heavy atom. The molecule has 134 valence electrons. The molecule has 1 aliphatic rings. The monoisotopic (exact) mass is 346 g/mol. The second kappa shape index (κ2) is 8.67. The van der Waals surface area contributed by atoms with E-state index in [1.54, 1.807) is 6.26 Å². The van der Waals surface area contributed by atoms with Crippen LogP contribution in [0.25, 0.3) is 0 Å². The zero-order chi connectivity index (χ0) is 17.5. The van der Waals surface area contributed by atoms with E-state index >= 15 is 0 Å². The lowest BCUT2D eigenvalue weighted by atomic mass is 10.1. The molecule has 0 bridgehead atoms. The standard InChI is InChI=1S/C19H23FN2O3/c20-15-6-8-16(9-7-15)25-14-19(23)21-13-17(18-5-4-12-24-18)22-10-2-1-3-11-22/h4-9,12,17H,1-3,10-11,13-14H2,(H,21,23)/t17-/m1/s1. The summed E-state index contributed by atoms with van der Waals surface area (Å²) in [5.74, 6) is 0.786. The highest BCUT2D eigenvalue weighted by Gasteiger charge is 2.24. The van der Waals surface area contributed by atoms with Crippen molar-refractivity contribution in [3.05, 3.63) is 54.2 Å². The van der Waals surface area contributed by atoms with Crippen molar-refractivity contribution in [1.82, 2.24) is 10.2 Å². The Morgan fingerprint density at radius 1 is 1.20 bits per heavy atom. The smallest absolute Gasteiger partial charge is 0.258 e. The van der Waals surface area contributed by atoms with Crippen LogP contribution in [0.3, 0.4) is 0 Å². The fourth-order valence-electron chi connectivity index (χ4n) is 3.06. The molecule has 0 spiro atoms. The third-order valence-corrected chi connectivity index (χ3v) is 4.38. The van der Waals surface area contributed by atoms with Crippen molar-refractivity contribution in [1.29, 1.82) is 0 Å². The van der Waals surface area contributed by atoms with Crippen molar-refractivity contribution in [3.63, 3.8) is 0 Å². The molecule has 1 amide bonds. The van der Waals surface area contributed by atoms with Crippen molar-refractivity contribution in [2.75, 3.05) is 26.2 Å². The van der Waals surface area contributed by atoms with Crippen LogP contribution in [-0.4, -0.2) is 37.0 Å². The Morgan fingerprint density at radius 3 is 2.64 bits per heavy atom. The van der Waals surface area contributed by atoms with E-state index in [4.69, 9.17) is 9.15 Å². The van der Waals surface area contributed by atoms with Crippen LogP contribution in [-0.2, 0) is 4.79 Å². The van der Waals surface area contributed by atoms with Crippen molar-refractivity contribution in [3.8, 4) is 5.75 Å². The van der Waals surface area contributed by atoms with Crippen LogP contribution in [0.4, 0.5) is 4.39 Å². The van der Waals surface area contributed by atoms with Gasteiger partial charge in [-0.25, -0.2) is 4.39 Å². The number of halogens is 1. The number of piperidine rings is 1. The van der Waals surface area contributed by atoms with Gasteiger partial charge in [-0.2, -0.15) is 0 Å². The first-order valence-electron chi connectivity index (χ1n) is 8.65. The normalized spacial score (nSPS) is 16.4. The number of hydrogen-bond donors (Lipinski definition) is 1. The van der Waals surface area contributed by atoms with E-state index in [1.165, 1.54) is 43.5 Å². The summed E-state index contributed by atoms with van der Waals surface area (Å²) in [4.78, 5) is 14.4. The van der Waals surface area contributed by atoms with Crippen LogP contribution in [0.15, 0.2) is 47.1 Å². The zero-order valence-electron chi connectivity index (χ0n) is 14.1. The SMILES string of the molecule is O=C(COc1ccc(F)cc1)NC[C@H](c1ccco1)N1CCCCC1. The molecule has 1 aliphatic heterocycles. The Hall–Kier alpha value is -2.34. The lowest BCUT2D eigenvalue weighted by molar-refractivity contribution is -0.123. The molecule has 3 rings (SSSR count). The molecule has 5 nitrogen and oxygen atoms in total. The van der Waals surface area contributed by atoms with Crippen LogP contribution in [0.1, 0.15) is 31.1 Å². The fraction of sp³-hybridized carbons (Fsp3) is 0.421. The number of rotatable bonds is 7. The van der Waals surface area contributed by atoms with Crippen molar-refractivity contribution < 1.29 is 18.3 Å². The van der Waals surface area contributed by atoms with Gasteiger partial charge in [-0.15, -0.1) is 0 Å². The minimum atomic E-state index is -0.334. The third-order valence-electron chi connectivity index (χ3n) is 4.38. The van der Waals surface area contributed by atoms with E-state index in [9.17, 15) is 9.18 Å². The Balaban J connectivity index is 1.51. The summed E-state index contributed by atoms with van der Waals surface area (Å²) in [7, 11) is 0. The number of amides is 1. The van der Waals surface area contributed by atoms with Gasteiger partial charge in [-0.3, -0.25) is 9.69 Å². The molecular weight excluding hydrogens is 323 g/mol. The van der Waals surface area contributed by atoms with Crippen LogP contribution in [0.2, 0.25) is 0 Å². The Labute approximate surface area is 146 Å². The molecule has 0 aliphatic carbocycles. The Bertz CT molecular complexity index is 652. The minimum absolute atomic E-state index is 0.0325. The first kappa shape index (κ1) is 17.5. The second-order valence-corrected chi connectivity index (χ2v) is 6.17. The molecule has 6 heteroatoms. The topological polar surface area (TPSA) is 54.7 Å². The van der Waals surface area contributed by atoms with Gasteiger partial charge >= 0.3 is 0 Å². The van der Waals surface area contributed by atoms with Gasteiger partial charge in [-0.1, -0.05) is 6.42 Å². The number of likely N-dealkylation sites (tertiary alicyclic amines) is 1. The summed E-state index contributed by atoms with van der Waals surface area (Å²) in [6.07, 6.45) is 5.24. The average Bonchev–Trinajstić information content (AvgIpc) is 3.17. The average molecular weight is 346 g/mol. The van der Waals surface area contributed by atoms with Gasteiger partial charge in [0.25, 0.3) is 5.91 Å². The number of nitrogens with zero attached hydrogens (tertiary/aromatic N) is 1. The summed E-state index contributed by atoms with van der Waals surface area (Å²) < 4.78 is 23.8. The largest absolute Gasteiger partial charge is 0.484 e. The maximum absolute atomic E-state index is 12.9. The lowest BCUT2D eigenvalue weighted by Crippen LogP contribution is -2.41. The first-order chi connectivity index (χ1) is 12.2. The highest BCUT2D eigenvalue weighted by Crippen LogP contribution is 2.24. The fourth-order valence-corrected chi connectivity index (χ4v) is 3.06. The summed E-state index contributed by atoms with van der Waals surface area (Å²) in [6, 6.07) is 9.45. The molecule has 1 saturated heterocycles. The van der Waals surface area contributed by atoms with Gasteiger partial charge in [0.05, 0.1) is 12.3 Å². The maximum Gasteiger partial charge on any atom is 0.258 e. The van der Waals surface area contributed by atoms with Gasteiger partial charge in [0.1, 0.15) is 17.3 Å². The van der Waals surface area contributed by atoms with Gasteiger partial charge in [-0.05, 0) is 62.3 Å². The van der Waals surface area contributed by atoms with E-state index in [0.717, 1.165) is 18.8 Å². The van der Waals surface area contributed by atoms with E-state index < -0.39 is 0 Å². The van der Waals surface area contributed by atoms with Crippen LogP contribution >= 0.6 is 0 Å². The van der Waals surface area contributed by atoms with Crippen molar-refractivity contribution in [2.24, 2.45) is 0 Å². The molecule has 1 aromatic carbocycles. The van der Waals surface area contributed by atoms with Gasteiger partial charge in [0, 0.05) is 6.54 Å². The predicted molar refractivity (Wildman–Crippen MR) is 91.8 cm³/mol. The van der Waals surface area contributed by atoms with Crippen LogP contribution < -0.4 is 10.1 Å². The highest BCUT2D eigenvalue weighted by atomic mass is 19.1. The molecule has 1 aromatic heterocycles. The molecule has 0 unspecified atom stereocenters. The van der Waals surface area contributed by atoms with E-state index in [1.807, 2.05) is 12.1 Å². The molecule has 25 heavy (non-hydrogen) atoms. The highest BCUT2D eigenvalue weighted by molar-refractivity contribution is 5.77. The number of ether oxygens (including phenoxy) is 1. The van der Waals surface area contributed by atoms with Crippen LogP contribution in [0.5, 0.6) is 5.75 Å². The molecule has 1 atom stereocenters. The summed E-state index contributed by atoms with van der Waals surface area (Å²) >= 11 is 0. The molecule has 0 saturated carbocycles. The number of hydrogen-bond acceptors (Lipinski definition) is 4. The van der Waals surface area contributed by atoms with E-state index in [0.29, 0.717) is 12.3 Å². The van der Waals surface area contributed by atoms with E-state index in [2.05, 4.69) is 10.2 Å². The second-order valence-electron chi connectivity index (χ2n) is 6.17. The molecule has 1 fully saturated rings. The number of carbonyl (C=O) groups excluding carboxylic acids is 1. The molecule has 2 heterocycles. The lowest BCUT2D eigenvalue weighted by Gasteiger charge is -2.33. The molecule has 1 N–H and O–H groups in total. The van der Waals surface area contributed by atoms with Crippen molar-refractivity contribution in [2.45, 2.75) is 25.3 Å². The van der Waals surface area contributed by atoms with Gasteiger partial charge in [0.2, 0.25) is 0 Å². The minimum Gasteiger partial charge on any atom is -0.484 e. The summed E-state index contributed by atoms with van der Waals surface area (Å²) in [5, 5.41) is 2.91. The molecule has 2 aromatic rings. The summed E-state index contributed by atoms with van der Waals surface area (Å²) in [6.45, 7) is 2.39. The van der Waals surface area contributed by atoms with E-state index in [-0.39, 0.29) is 24.4 Å². The van der Waals surface area contributed by atoms with Crippen LogP contribution in [0, 0.1) is 5.82 Å². The molecular formula is C19H23FN2O3. The Kier molecular flexibility index (Phi) is 6.06. The number of furan rings is 1. The summed E-state index contributed by atoms with van der Waals surface area (Å²) in [5.41, 5.74) is 0. The zero-order valence-corrected chi connectivity index (χ0v) is 14.1.